The Balaban J connectivity index is 1.48. The Hall–Kier alpha value is -1.21. The third kappa shape index (κ3) is 2.92. The number of amides is 1. The number of piperidine rings is 1. The fourth-order valence-electron chi connectivity index (χ4n) is 3.45. The van der Waals surface area contributed by atoms with E-state index in [1.807, 2.05) is 24.3 Å². The number of nitrogens with zero attached hydrogens (tertiary/aromatic N) is 2. The lowest BCUT2D eigenvalue weighted by Crippen LogP contribution is -2.55. The van der Waals surface area contributed by atoms with Gasteiger partial charge in [-0.15, -0.1) is 11.3 Å². The van der Waals surface area contributed by atoms with Gasteiger partial charge in [-0.3, -0.25) is 4.79 Å². The third-order valence-electron chi connectivity index (χ3n) is 4.72. The van der Waals surface area contributed by atoms with Crippen LogP contribution in [0.1, 0.15) is 12.8 Å². The average molecular weight is 380 g/mol. The number of halogens is 1. The molecule has 24 heavy (non-hydrogen) atoms. The van der Waals surface area contributed by atoms with Crippen LogP contribution in [-0.2, 0) is 4.79 Å². The average Bonchev–Trinajstić information content (AvgIpc) is 3.15. The zero-order chi connectivity index (χ0) is 16.6. The zero-order valence-electron chi connectivity index (χ0n) is 13.1. The van der Waals surface area contributed by atoms with Gasteiger partial charge in [-0.05, 0) is 49.1 Å². The number of nitrogens with one attached hydrogen (secondary N) is 1. The molecule has 4 rings (SSSR count). The van der Waals surface area contributed by atoms with Crippen LogP contribution in [0.4, 0.5) is 5.69 Å². The van der Waals surface area contributed by atoms with Crippen molar-refractivity contribution in [3.63, 3.8) is 0 Å². The quantitative estimate of drug-likeness (QED) is 0.822. The first-order valence-electron chi connectivity index (χ1n) is 7.97. The van der Waals surface area contributed by atoms with E-state index in [-0.39, 0.29) is 5.91 Å². The molecule has 0 unspecified atom stereocenters. The highest BCUT2D eigenvalue weighted by Gasteiger charge is 2.50. The first-order valence-corrected chi connectivity index (χ1v) is 9.93. The van der Waals surface area contributed by atoms with E-state index >= 15 is 0 Å². The van der Waals surface area contributed by atoms with Gasteiger partial charge in [-0.25, -0.2) is 4.31 Å². The fraction of sp³-hybridized carbons (Fsp3) is 0.353. The molecule has 1 spiro atoms. The number of anilines is 1. The second-order valence-electron chi connectivity index (χ2n) is 6.04. The predicted molar refractivity (Wildman–Crippen MR) is 101 cm³/mol. The summed E-state index contributed by atoms with van der Waals surface area (Å²) < 4.78 is 4.35. The van der Waals surface area contributed by atoms with Crippen molar-refractivity contribution in [2.24, 2.45) is 0 Å². The van der Waals surface area contributed by atoms with Gasteiger partial charge in [0.1, 0.15) is 5.54 Å². The molecule has 1 amide bonds. The first kappa shape index (κ1) is 16.3. The van der Waals surface area contributed by atoms with Crippen LogP contribution in [-0.4, -0.2) is 35.5 Å². The second kappa shape index (κ2) is 6.59. The number of carbonyl (C=O) groups is 1. The monoisotopic (exact) mass is 379 g/mol. The Morgan fingerprint density at radius 2 is 1.88 bits per heavy atom. The molecule has 2 aliphatic rings. The molecule has 3 heterocycles. The molecule has 1 N–H and O–H groups in total. The summed E-state index contributed by atoms with van der Waals surface area (Å²) in [5.41, 5.74) is 0.702. The lowest BCUT2D eigenvalue weighted by molar-refractivity contribution is -0.124. The number of para-hydroxylation sites is 1. The van der Waals surface area contributed by atoms with Crippen LogP contribution in [0.5, 0.6) is 0 Å². The summed E-state index contributed by atoms with van der Waals surface area (Å²) in [6.07, 6.45) is 1.67. The molecule has 1 aromatic heterocycles. The van der Waals surface area contributed by atoms with E-state index in [0.717, 1.165) is 36.0 Å². The second-order valence-corrected chi connectivity index (χ2v) is 9.15. The van der Waals surface area contributed by atoms with Crippen LogP contribution in [0.3, 0.4) is 0 Å². The van der Waals surface area contributed by atoms with Gasteiger partial charge in [0, 0.05) is 18.8 Å². The molecule has 4 nitrogen and oxygen atoms in total. The summed E-state index contributed by atoms with van der Waals surface area (Å²) in [6.45, 7) is 2.37. The summed E-state index contributed by atoms with van der Waals surface area (Å²) in [4.78, 5) is 14.8. The van der Waals surface area contributed by atoms with E-state index in [4.69, 9.17) is 11.6 Å². The molecule has 2 aliphatic heterocycles. The third-order valence-corrected chi connectivity index (χ3v) is 7.16. The number of hydrogen-bond donors (Lipinski definition) is 1. The van der Waals surface area contributed by atoms with Crippen molar-refractivity contribution in [3.05, 3.63) is 46.8 Å². The number of thiophene rings is 1. The van der Waals surface area contributed by atoms with E-state index < -0.39 is 5.54 Å². The van der Waals surface area contributed by atoms with Gasteiger partial charge in [0.25, 0.3) is 0 Å². The maximum Gasteiger partial charge on any atom is 0.247 e. The number of carbonyl (C=O) groups excluding carboxylic acids is 1. The summed E-state index contributed by atoms with van der Waals surface area (Å²) in [6, 6.07) is 14.2. The molecule has 0 aliphatic carbocycles. The van der Waals surface area contributed by atoms with Crippen LogP contribution in [0.2, 0.25) is 4.34 Å². The Kier molecular flexibility index (Phi) is 4.47. The van der Waals surface area contributed by atoms with Gasteiger partial charge in [0.2, 0.25) is 5.91 Å². The molecule has 2 saturated heterocycles. The molecule has 0 radical (unpaired) electrons. The van der Waals surface area contributed by atoms with Gasteiger partial charge in [-0.1, -0.05) is 29.8 Å². The van der Waals surface area contributed by atoms with Crippen molar-refractivity contribution in [2.45, 2.75) is 22.6 Å². The van der Waals surface area contributed by atoms with Crippen molar-refractivity contribution < 1.29 is 4.79 Å². The summed E-state index contributed by atoms with van der Waals surface area (Å²) in [5.74, 6) is 0.162. The molecule has 126 valence electrons. The van der Waals surface area contributed by atoms with Gasteiger partial charge in [0.05, 0.1) is 15.2 Å². The smallest absolute Gasteiger partial charge is 0.247 e. The Bertz CT molecular complexity index is 728. The molecule has 0 atom stereocenters. The van der Waals surface area contributed by atoms with Crippen molar-refractivity contribution >= 4 is 46.5 Å². The Labute approximate surface area is 154 Å². The van der Waals surface area contributed by atoms with Crippen molar-refractivity contribution in [1.29, 1.82) is 0 Å². The van der Waals surface area contributed by atoms with Crippen LogP contribution >= 0.6 is 34.9 Å². The highest BCUT2D eigenvalue weighted by molar-refractivity contribution is 7.99. The normalized spacial score (nSPS) is 20.5. The summed E-state index contributed by atoms with van der Waals surface area (Å²) >= 11 is 9.35. The Morgan fingerprint density at radius 3 is 2.54 bits per heavy atom. The molecule has 0 saturated carbocycles. The van der Waals surface area contributed by atoms with E-state index in [1.54, 1.807) is 23.3 Å². The van der Waals surface area contributed by atoms with Crippen molar-refractivity contribution in [3.8, 4) is 0 Å². The fourth-order valence-corrected chi connectivity index (χ4v) is 5.85. The molecule has 2 fully saturated rings. The summed E-state index contributed by atoms with van der Waals surface area (Å²) in [5, 5.41) is 3.04. The van der Waals surface area contributed by atoms with Gasteiger partial charge < -0.3 is 10.2 Å². The van der Waals surface area contributed by atoms with Gasteiger partial charge in [-0.2, -0.15) is 0 Å². The van der Waals surface area contributed by atoms with Gasteiger partial charge >= 0.3 is 0 Å². The number of benzene rings is 1. The lowest BCUT2D eigenvalue weighted by Gasteiger charge is -2.42. The van der Waals surface area contributed by atoms with Crippen LogP contribution < -0.4 is 10.2 Å². The topological polar surface area (TPSA) is 35.6 Å². The molecule has 7 heteroatoms. The van der Waals surface area contributed by atoms with Crippen LogP contribution in [0.25, 0.3) is 0 Å². The van der Waals surface area contributed by atoms with Crippen LogP contribution in [0.15, 0.2) is 46.7 Å². The van der Waals surface area contributed by atoms with E-state index in [1.165, 1.54) is 4.21 Å². The predicted octanol–water partition coefficient (Wildman–Crippen LogP) is 3.84. The van der Waals surface area contributed by atoms with E-state index in [9.17, 15) is 4.79 Å². The first-order chi connectivity index (χ1) is 11.7. The van der Waals surface area contributed by atoms with E-state index in [0.29, 0.717) is 6.67 Å². The van der Waals surface area contributed by atoms with Crippen molar-refractivity contribution in [2.75, 3.05) is 24.7 Å². The minimum absolute atomic E-state index is 0.162. The SMILES string of the molecule is O=C1NCN(c2ccccc2)C12CCN(Sc1ccc(Cl)s1)CC2. The molecule has 1 aromatic carbocycles. The van der Waals surface area contributed by atoms with Crippen molar-refractivity contribution in [1.82, 2.24) is 9.62 Å². The van der Waals surface area contributed by atoms with Crippen LogP contribution in [0, 0.1) is 0 Å². The van der Waals surface area contributed by atoms with Gasteiger partial charge in [0.15, 0.2) is 0 Å². The maximum absolute atomic E-state index is 12.6. The lowest BCUT2D eigenvalue weighted by atomic mass is 9.86. The molecular formula is C17H18ClN3OS2. The number of rotatable bonds is 3. The largest absolute Gasteiger partial charge is 0.339 e. The summed E-state index contributed by atoms with van der Waals surface area (Å²) in [7, 11) is 0. The Morgan fingerprint density at radius 1 is 1.12 bits per heavy atom. The highest BCUT2D eigenvalue weighted by Crippen LogP contribution is 2.40. The maximum atomic E-state index is 12.6. The molecular weight excluding hydrogens is 362 g/mol. The van der Waals surface area contributed by atoms with E-state index in [2.05, 4.69) is 32.7 Å². The zero-order valence-corrected chi connectivity index (χ0v) is 15.5. The minimum atomic E-state index is -0.411. The minimum Gasteiger partial charge on any atom is -0.339 e. The molecule has 0 bridgehead atoms. The number of hydrogen-bond acceptors (Lipinski definition) is 5. The molecule has 2 aromatic rings. The highest BCUT2D eigenvalue weighted by atomic mass is 35.5. The standard InChI is InChI=1S/C17H18ClN3OS2/c18-14-6-7-15(23-14)24-20-10-8-17(9-11-20)16(22)19-12-21(17)13-4-2-1-3-5-13/h1-7H,8-12H2,(H,19,22).